The maximum absolute atomic E-state index is 12.1. The van der Waals surface area contributed by atoms with Crippen molar-refractivity contribution in [2.75, 3.05) is 0 Å². The minimum atomic E-state index is 0.0109. The highest BCUT2D eigenvalue weighted by Crippen LogP contribution is 2.50. The van der Waals surface area contributed by atoms with E-state index in [-0.39, 0.29) is 5.41 Å². The van der Waals surface area contributed by atoms with Crippen LogP contribution in [0, 0.1) is 18.3 Å². The molecule has 3 rings (SSSR count). The third-order valence-electron chi connectivity index (χ3n) is 4.76. The summed E-state index contributed by atoms with van der Waals surface area (Å²) in [5.41, 5.74) is 3.49. The Bertz CT molecular complexity index is 521. The molecule has 1 fully saturated rings. The van der Waals surface area contributed by atoms with Crippen LogP contribution in [0.25, 0.3) is 6.08 Å². The number of allylic oxidation sites excluding steroid dienone is 1. The molecular weight excluding hydrogens is 212 g/mol. The molecule has 0 aromatic carbocycles. The van der Waals surface area contributed by atoms with Crippen molar-refractivity contribution in [1.29, 1.82) is 0 Å². The highest BCUT2D eigenvalue weighted by atomic mass is 16.3. The average molecular weight is 230 g/mol. The molecule has 90 valence electrons. The van der Waals surface area contributed by atoms with Crippen molar-refractivity contribution >= 4 is 11.9 Å². The Kier molecular flexibility index (Phi) is 2.13. The van der Waals surface area contributed by atoms with E-state index < -0.39 is 0 Å². The highest BCUT2D eigenvalue weighted by Gasteiger charge is 2.45. The minimum Gasteiger partial charge on any atom is -0.464 e. The van der Waals surface area contributed by atoms with Gasteiger partial charge in [0.1, 0.15) is 5.76 Å². The van der Waals surface area contributed by atoms with E-state index in [1.165, 1.54) is 11.1 Å². The van der Waals surface area contributed by atoms with E-state index in [0.717, 1.165) is 24.2 Å². The first-order valence-electron chi connectivity index (χ1n) is 6.34. The highest BCUT2D eigenvalue weighted by molar-refractivity contribution is 6.02. The van der Waals surface area contributed by atoms with Crippen LogP contribution in [0.1, 0.15) is 43.6 Å². The molecule has 2 nitrogen and oxygen atoms in total. The van der Waals surface area contributed by atoms with Crippen LogP contribution in [0.2, 0.25) is 0 Å². The topological polar surface area (TPSA) is 30.2 Å². The quantitative estimate of drug-likeness (QED) is 0.682. The number of ketones is 1. The third-order valence-corrected chi connectivity index (χ3v) is 4.76. The SMILES string of the molecule is Cc1coc2c1C[C@@]1(C)C(=C2)C(=O)CC[C@@H]1C. The lowest BCUT2D eigenvalue weighted by Gasteiger charge is -2.43. The van der Waals surface area contributed by atoms with Gasteiger partial charge in [-0.05, 0) is 37.3 Å². The lowest BCUT2D eigenvalue weighted by Crippen LogP contribution is -2.39. The molecular formula is C15H18O2. The van der Waals surface area contributed by atoms with Crippen LogP contribution in [-0.2, 0) is 11.2 Å². The maximum Gasteiger partial charge on any atom is 0.159 e. The molecule has 1 heterocycles. The number of carbonyl (C=O) groups is 1. The summed E-state index contributed by atoms with van der Waals surface area (Å²) in [5, 5.41) is 0. The van der Waals surface area contributed by atoms with Crippen molar-refractivity contribution in [3.05, 3.63) is 28.7 Å². The van der Waals surface area contributed by atoms with E-state index >= 15 is 0 Å². The van der Waals surface area contributed by atoms with Gasteiger partial charge in [-0.3, -0.25) is 4.79 Å². The molecule has 2 atom stereocenters. The van der Waals surface area contributed by atoms with Gasteiger partial charge >= 0.3 is 0 Å². The van der Waals surface area contributed by atoms with Crippen LogP contribution in [0.15, 0.2) is 16.3 Å². The second-order valence-electron chi connectivity index (χ2n) is 5.78. The molecule has 2 aliphatic carbocycles. The second kappa shape index (κ2) is 3.34. The van der Waals surface area contributed by atoms with E-state index in [1.807, 2.05) is 6.08 Å². The first-order valence-corrected chi connectivity index (χ1v) is 6.34. The van der Waals surface area contributed by atoms with Gasteiger partial charge in [0, 0.05) is 23.0 Å². The zero-order chi connectivity index (χ0) is 12.2. The van der Waals surface area contributed by atoms with Crippen molar-refractivity contribution in [2.24, 2.45) is 11.3 Å². The summed E-state index contributed by atoms with van der Waals surface area (Å²) in [6.07, 6.45) is 6.45. The van der Waals surface area contributed by atoms with Crippen molar-refractivity contribution in [2.45, 2.75) is 40.0 Å². The summed E-state index contributed by atoms with van der Waals surface area (Å²) in [6, 6.07) is 0. The maximum atomic E-state index is 12.1. The van der Waals surface area contributed by atoms with Crippen molar-refractivity contribution in [1.82, 2.24) is 0 Å². The Morgan fingerprint density at radius 1 is 1.47 bits per heavy atom. The molecule has 1 aromatic heterocycles. The lowest BCUT2D eigenvalue weighted by atomic mass is 9.60. The molecule has 2 aliphatic rings. The van der Waals surface area contributed by atoms with Crippen molar-refractivity contribution < 1.29 is 9.21 Å². The number of rotatable bonds is 0. The van der Waals surface area contributed by atoms with Crippen LogP contribution in [0.4, 0.5) is 0 Å². The van der Waals surface area contributed by atoms with Crippen LogP contribution in [0.3, 0.4) is 0 Å². The molecule has 0 N–H and O–H groups in total. The molecule has 1 saturated carbocycles. The Hall–Kier alpha value is -1.31. The largest absolute Gasteiger partial charge is 0.464 e. The summed E-state index contributed by atoms with van der Waals surface area (Å²) in [5.74, 6) is 1.77. The first kappa shape index (κ1) is 10.8. The van der Waals surface area contributed by atoms with Crippen molar-refractivity contribution in [3.8, 4) is 0 Å². The monoisotopic (exact) mass is 230 g/mol. The molecule has 1 aromatic rings. The molecule has 0 unspecified atom stereocenters. The summed E-state index contributed by atoms with van der Waals surface area (Å²) in [7, 11) is 0. The van der Waals surface area contributed by atoms with Gasteiger partial charge in [0.2, 0.25) is 0 Å². The Morgan fingerprint density at radius 3 is 3.00 bits per heavy atom. The molecule has 0 saturated heterocycles. The zero-order valence-electron chi connectivity index (χ0n) is 10.7. The summed E-state index contributed by atoms with van der Waals surface area (Å²) in [4.78, 5) is 12.1. The van der Waals surface area contributed by atoms with E-state index in [4.69, 9.17) is 4.42 Å². The Labute approximate surface area is 102 Å². The normalized spacial score (nSPS) is 31.8. The zero-order valence-corrected chi connectivity index (χ0v) is 10.7. The van der Waals surface area contributed by atoms with Gasteiger partial charge in [0.05, 0.1) is 6.26 Å². The second-order valence-corrected chi connectivity index (χ2v) is 5.78. The fourth-order valence-electron chi connectivity index (χ4n) is 3.23. The summed E-state index contributed by atoms with van der Waals surface area (Å²) in [6.45, 7) is 6.58. The van der Waals surface area contributed by atoms with Crippen LogP contribution in [-0.4, -0.2) is 5.78 Å². The number of fused-ring (bicyclic) bond motifs is 2. The van der Waals surface area contributed by atoms with Gasteiger partial charge in [-0.25, -0.2) is 0 Å². The van der Waals surface area contributed by atoms with Gasteiger partial charge in [-0.1, -0.05) is 13.8 Å². The van der Waals surface area contributed by atoms with E-state index in [2.05, 4.69) is 20.8 Å². The number of carbonyl (C=O) groups excluding carboxylic acids is 1. The van der Waals surface area contributed by atoms with Crippen LogP contribution >= 0.6 is 0 Å². The first-order chi connectivity index (χ1) is 8.02. The van der Waals surface area contributed by atoms with Gasteiger partial charge in [0.25, 0.3) is 0 Å². The molecule has 0 amide bonds. The number of Topliss-reactive ketones (excluding diaryl/α,β-unsaturated/α-hetero) is 1. The molecule has 0 bridgehead atoms. The van der Waals surface area contributed by atoms with Crippen molar-refractivity contribution in [3.63, 3.8) is 0 Å². The molecule has 17 heavy (non-hydrogen) atoms. The van der Waals surface area contributed by atoms with Crippen LogP contribution in [0.5, 0.6) is 0 Å². The lowest BCUT2D eigenvalue weighted by molar-refractivity contribution is -0.119. The standard InChI is InChI=1S/C15H18O2/c1-9-8-17-14-6-12-13(16)5-4-10(2)15(12,3)7-11(9)14/h6,8,10H,4-5,7H2,1-3H3/t10-,15+/m0/s1. The van der Waals surface area contributed by atoms with Gasteiger partial charge in [-0.2, -0.15) is 0 Å². The number of hydrogen-bond acceptors (Lipinski definition) is 2. The summed E-state index contributed by atoms with van der Waals surface area (Å²) < 4.78 is 5.54. The van der Waals surface area contributed by atoms with E-state index in [1.54, 1.807) is 6.26 Å². The van der Waals surface area contributed by atoms with Gasteiger partial charge in [-0.15, -0.1) is 0 Å². The predicted molar refractivity (Wildman–Crippen MR) is 66.6 cm³/mol. The fraction of sp³-hybridized carbons (Fsp3) is 0.533. The Morgan fingerprint density at radius 2 is 2.24 bits per heavy atom. The minimum absolute atomic E-state index is 0.0109. The fourth-order valence-corrected chi connectivity index (χ4v) is 3.23. The van der Waals surface area contributed by atoms with Gasteiger partial charge in [0.15, 0.2) is 5.78 Å². The third kappa shape index (κ3) is 1.36. The number of furan rings is 1. The molecule has 2 heteroatoms. The molecule has 0 radical (unpaired) electrons. The van der Waals surface area contributed by atoms with Crippen LogP contribution < -0.4 is 0 Å². The van der Waals surface area contributed by atoms with Gasteiger partial charge < -0.3 is 4.42 Å². The van der Waals surface area contributed by atoms with E-state index in [9.17, 15) is 4.79 Å². The summed E-state index contributed by atoms with van der Waals surface area (Å²) >= 11 is 0. The Balaban J connectivity index is 2.18. The predicted octanol–water partition coefficient (Wildman–Crippen LogP) is 3.53. The molecule has 0 aliphatic heterocycles. The molecule has 0 spiro atoms. The number of aryl methyl sites for hydroxylation is 1. The van der Waals surface area contributed by atoms with E-state index in [0.29, 0.717) is 18.1 Å². The smallest absolute Gasteiger partial charge is 0.159 e. The number of hydrogen-bond donors (Lipinski definition) is 0. The average Bonchev–Trinajstić information content (AvgIpc) is 2.64.